The van der Waals surface area contributed by atoms with E-state index < -0.39 is 0 Å². The minimum atomic E-state index is 0.241. The first-order valence-electron chi connectivity index (χ1n) is 8.14. The first-order chi connectivity index (χ1) is 9.61. The van der Waals surface area contributed by atoms with Crippen LogP contribution in [0.5, 0.6) is 5.75 Å². The van der Waals surface area contributed by atoms with Crippen LogP contribution in [0.4, 0.5) is 0 Å². The second kappa shape index (κ2) is 5.77. The van der Waals surface area contributed by atoms with Gasteiger partial charge >= 0.3 is 0 Å². The summed E-state index contributed by atoms with van der Waals surface area (Å²) in [6.07, 6.45) is 6.01. The molecule has 2 bridgehead atoms. The van der Waals surface area contributed by atoms with Gasteiger partial charge in [0.2, 0.25) is 0 Å². The Kier molecular flexibility index (Phi) is 4.02. The molecule has 4 unspecified atom stereocenters. The van der Waals surface area contributed by atoms with Crippen molar-refractivity contribution >= 4 is 0 Å². The van der Waals surface area contributed by atoms with E-state index in [1.54, 1.807) is 0 Å². The molecule has 0 spiro atoms. The fourth-order valence-corrected chi connectivity index (χ4v) is 3.97. The number of hydrogen-bond donors (Lipinski definition) is 1. The summed E-state index contributed by atoms with van der Waals surface area (Å²) >= 11 is 0. The molecular formula is C18H27NO. The molecule has 20 heavy (non-hydrogen) atoms. The zero-order valence-electron chi connectivity index (χ0n) is 12.9. The smallest absolute Gasteiger partial charge is 0.119 e. The van der Waals surface area contributed by atoms with Crippen molar-refractivity contribution in [2.75, 3.05) is 0 Å². The molecule has 2 heteroatoms. The molecular weight excluding hydrogens is 246 g/mol. The first kappa shape index (κ1) is 13.9. The SMILES string of the molecule is CC(C)Oc1ccc(C(C)NC2CC3CCC2C3)cc1. The van der Waals surface area contributed by atoms with Crippen molar-refractivity contribution in [2.24, 2.45) is 11.8 Å². The number of fused-ring (bicyclic) bond motifs is 2. The van der Waals surface area contributed by atoms with E-state index in [0.717, 1.165) is 23.6 Å². The van der Waals surface area contributed by atoms with Gasteiger partial charge in [0.05, 0.1) is 6.10 Å². The summed E-state index contributed by atoms with van der Waals surface area (Å²) < 4.78 is 5.70. The summed E-state index contributed by atoms with van der Waals surface area (Å²) in [4.78, 5) is 0. The summed E-state index contributed by atoms with van der Waals surface area (Å²) in [5, 5.41) is 3.85. The van der Waals surface area contributed by atoms with Crippen LogP contribution in [0.15, 0.2) is 24.3 Å². The lowest BCUT2D eigenvalue weighted by Gasteiger charge is -2.27. The van der Waals surface area contributed by atoms with Crippen LogP contribution in [0.1, 0.15) is 58.1 Å². The molecule has 0 amide bonds. The van der Waals surface area contributed by atoms with E-state index in [1.807, 2.05) is 0 Å². The highest BCUT2D eigenvalue weighted by Gasteiger charge is 2.39. The van der Waals surface area contributed by atoms with E-state index in [0.29, 0.717) is 6.04 Å². The Labute approximate surface area is 122 Å². The summed E-state index contributed by atoms with van der Waals surface area (Å²) in [5.41, 5.74) is 1.36. The Morgan fingerprint density at radius 3 is 2.35 bits per heavy atom. The van der Waals surface area contributed by atoms with Gasteiger partial charge in [0.1, 0.15) is 5.75 Å². The summed E-state index contributed by atoms with van der Waals surface area (Å²) in [6, 6.07) is 9.76. The molecule has 2 aliphatic carbocycles. The molecule has 2 aliphatic rings. The van der Waals surface area contributed by atoms with Crippen molar-refractivity contribution in [1.82, 2.24) is 5.32 Å². The lowest BCUT2D eigenvalue weighted by molar-refractivity contribution is 0.242. The largest absolute Gasteiger partial charge is 0.491 e. The van der Waals surface area contributed by atoms with E-state index in [9.17, 15) is 0 Å². The van der Waals surface area contributed by atoms with Crippen molar-refractivity contribution in [3.63, 3.8) is 0 Å². The monoisotopic (exact) mass is 273 g/mol. The second-order valence-corrected chi connectivity index (χ2v) is 6.91. The number of ether oxygens (including phenoxy) is 1. The van der Waals surface area contributed by atoms with Crippen LogP contribution in [-0.2, 0) is 0 Å². The molecule has 3 rings (SSSR count). The fourth-order valence-electron chi connectivity index (χ4n) is 3.97. The maximum atomic E-state index is 5.70. The van der Waals surface area contributed by atoms with Crippen LogP contribution < -0.4 is 10.1 Å². The molecule has 1 N–H and O–H groups in total. The van der Waals surface area contributed by atoms with Crippen LogP contribution in [0.2, 0.25) is 0 Å². The normalized spacial score (nSPS) is 29.9. The Hall–Kier alpha value is -1.02. The van der Waals surface area contributed by atoms with Crippen molar-refractivity contribution in [3.05, 3.63) is 29.8 Å². The fraction of sp³-hybridized carbons (Fsp3) is 0.667. The van der Waals surface area contributed by atoms with Gasteiger partial charge in [0.15, 0.2) is 0 Å². The average Bonchev–Trinajstić information content (AvgIpc) is 3.01. The third-order valence-corrected chi connectivity index (χ3v) is 4.95. The Bertz CT molecular complexity index is 439. The standard InChI is InChI=1S/C18H27NO/c1-12(2)20-17-8-6-15(7-9-17)13(3)19-18-11-14-4-5-16(18)10-14/h6-9,12-14,16,18-19H,4-5,10-11H2,1-3H3. The zero-order chi connectivity index (χ0) is 14.1. The maximum absolute atomic E-state index is 5.70. The van der Waals surface area contributed by atoms with Crippen LogP contribution in [0.25, 0.3) is 0 Å². The van der Waals surface area contributed by atoms with E-state index in [1.165, 1.54) is 31.2 Å². The molecule has 0 aromatic heterocycles. The van der Waals surface area contributed by atoms with Gasteiger partial charge in [-0.15, -0.1) is 0 Å². The third kappa shape index (κ3) is 3.01. The molecule has 2 saturated carbocycles. The van der Waals surface area contributed by atoms with Gasteiger partial charge in [-0.2, -0.15) is 0 Å². The summed E-state index contributed by atoms with van der Waals surface area (Å²) in [6.45, 7) is 6.41. The highest BCUT2D eigenvalue weighted by Crippen LogP contribution is 2.45. The predicted octanol–water partition coefficient (Wildman–Crippen LogP) is 4.31. The Balaban J connectivity index is 1.58. The summed E-state index contributed by atoms with van der Waals surface area (Å²) in [5.74, 6) is 2.91. The minimum Gasteiger partial charge on any atom is -0.491 e. The van der Waals surface area contributed by atoms with Gasteiger partial charge in [-0.25, -0.2) is 0 Å². The van der Waals surface area contributed by atoms with E-state index in [2.05, 4.69) is 50.4 Å². The van der Waals surface area contributed by atoms with Gasteiger partial charge in [0, 0.05) is 12.1 Å². The predicted molar refractivity (Wildman–Crippen MR) is 83.0 cm³/mol. The molecule has 1 aromatic rings. The van der Waals surface area contributed by atoms with Crippen LogP contribution in [0.3, 0.4) is 0 Å². The van der Waals surface area contributed by atoms with Gasteiger partial charge in [-0.05, 0) is 69.6 Å². The average molecular weight is 273 g/mol. The minimum absolute atomic E-state index is 0.241. The topological polar surface area (TPSA) is 21.3 Å². The highest BCUT2D eigenvalue weighted by atomic mass is 16.5. The first-order valence-corrected chi connectivity index (χ1v) is 8.14. The van der Waals surface area contributed by atoms with Crippen LogP contribution >= 0.6 is 0 Å². The van der Waals surface area contributed by atoms with E-state index >= 15 is 0 Å². The van der Waals surface area contributed by atoms with Crippen molar-refractivity contribution < 1.29 is 4.74 Å². The molecule has 1 aromatic carbocycles. The Morgan fingerprint density at radius 2 is 1.80 bits per heavy atom. The van der Waals surface area contributed by atoms with Crippen molar-refractivity contribution in [3.8, 4) is 5.75 Å². The molecule has 2 fully saturated rings. The third-order valence-electron chi connectivity index (χ3n) is 4.95. The van der Waals surface area contributed by atoms with Crippen molar-refractivity contribution in [2.45, 2.75) is 64.6 Å². The molecule has 2 nitrogen and oxygen atoms in total. The lowest BCUT2D eigenvalue weighted by atomic mass is 9.94. The van der Waals surface area contributed by atoms with Gasteiger partial charge < -0.3 is 10.1 Å². The molecule has 110 valence electrons. The van der Waals surface area contributed by atoms with Crippen molar-refractivity contribution in [1.29, 1.82) is 0 Å². The van der Waals surface area contributed by atoms with Crippen LogP contribution in [-0.4, -0.2) is 12.1 Å². The Morgan fingerprint density at radius 1 is 1.05 bits per heavy atom. The zero-order valence-corrected chi connectivity index (χ0v) is 12.9. The number of benzene rings is 1. The van der Waals surface area contributed by atoms with Crippen LogP contribution in [0, 0.1) is 11.8 Å². The number of nitrogens with one attached hydrogen (secondary N) is 1. The quantitative estimate of drug-likeness (QED) is 0.863. The van der Waals surface area contributed by atoms with E-state index in [-0.39, 0.29) is 6.10 Å². The van der Waals surface area contributed by atoms with E-state index in [4.69, 9.17) is 4.74 Å². The lowest BCUT2D eigenvalue weighted by Crippen LogP contribution is -2.35. The molecule has 4 atom stereocenters. The highest BCUT2D eigenvalue weighted by molar-refractivity contribution is 5.29. The molecule has 0 heterocycles. The van der Waals surface area contributed by atoms with Gasteiger partial charge in [-0.1, -0.05) is 18.6 Å². The maximum Gasteiger partial charge on any atom is 0.119 e. The van der Waals surface area contributed by atoms with Gasteiger partial charge in [-0.3, -0.25) is 0 Å². The number of rotatable bonds is 5. The molecule has 0 saturated heterocycles. The summed E-state index contributed by atoms with van der Waals surface area (Å²) in [7, 11) is 0. The number of hydrogen-bond acceptors (Lipinski definition) is 2. The van der Waals surface area contributed by atoms with Gasteiger partial charge in [0.25, 0.3) is 0 Å². The molecule has 0 aliphatic heterocycles. The second-order valence-electron chi connectivity index (χ2n) is 6.91. The molecule has 0 radical (unpaired) electrons.